The Morgan fingerprint density at radius 1 is 1.07 bits per heavy atom. The first kappa shape index (κ1) is 10.4. The zero-order chi connectivity index (χ0) is 10.8. The molecule has 1 N–H and O–H groups in total. The van der Waals surface area contributed by atoms with Crippen molar-refractivity contribution in [3.8, 4) is 15.5 Å². The smallest absolute Gasteiger partial charge is 0.317 e. The highest BCUT2D eigenvalue weighted by atomic mass is 32.2. The Balaban J connectivity index is 2.61. The van der Waals surface area contributed by atoms with E-state index in [9.17, 15) is 5.11 Å². The molecule has 0 spiro atoms. The van der Waals surface area contributed by atoms with Gasteiger partial charge in [-0.05, 0) is 16.9 Å². The molecule has 2 rings (SSSR count). The van der Waals surface area contributed by atoms with Gasteiger partial charge in [-0.25, -0.2) is 4.58 Å². The molecule has 0 bridgehead atoms. The van der Waals surface area contributed by atoms with E-state index in [0.29, 0.717) is 5.06 Å². The molecule has 1 heterocycles. The van der Waals surface area contributed by atoms with Gasteiger partial charge in [-0.1, -0.05) is 41.7 Å². The summed E-state index contributed by atoms with van der Waals surface area (Å²) in [5, 5.41) is 10.2. The molecule has 0 fully saturated rings. The molecular weight excluding hydrogens is 226 g/mol. The Bertz CT molecular complexity index is 521. The van der Waals surface area contributed by atoms with Crippen molar-refractivity contribution in [1.82, 2.24) is 4.58 Å². The summed E-state index contributed by atoms with van der Waals surface area (Å²) in [5.41, 5.74) is 1.07. The molecule has 15 heavy (non-hydrogen) atoms. The molecule has 0 radical (unpaired) electrons. The first-order chi connectivity index (χ1) is 7.18. The highest BCUT2D eigenvalue weighted by Gasteiger charge is 2.11. The third-order valence-corrected chi connectivity index (χ3v) is 4.71. The van der Waals surface area contributed by atoms with Crippen LogP contribution in [0.3, 0.4) is 0 Å². The van der Waals surface area contributed by atoms with Gasteiger partial charge in [0, 0.05) is 0 Å². The van der Waals surface area contributed by atoms with Crippen LogP contribution in [0.25, 0.3) is 10.4 Å². The molecule has 0 atom stereocenters. The fourth-order valence-electron chi connectivity index (χ4n) is 1.24. The van der Waals surface area contributed by atoms with Gasteiger partial charge in [0.2, 0.25) is 0 Å². The second kappa shape index (κ2) is 4.16. The van der Waals surface area contributed by atoms with E-state index < -0.39 is 0 Å². The molecule has 0 unspecified atom stereocenters. The highest BCUT2D eigenvalue weighted by molar-refractivity contribution is 7.30. The number of nitrogens with zero attached hydrogens (tertiary/aromatic N) is 1. The van der Waals surface area contributed by atoms with Gasteiger partial charge in [0.1, 0.15) is 14.1 Å². The summed E-state index contributed by atoms with van der Waals surface area (Å²) >= 11 is 3.03. The molecule has 0 amide bonds. The first-order valence-electron chi connectivity index (χ1n) is 4.57. The molecule has 0 aliphatic heterocycles. The summed E-state index contributed by atoms with van der Waals surface area (Å²) in [6, 6.07) is 9.96. The van der Waals surface area contributed by atoms with Crippen molar-refractivity contribution in [3.63, 3.8) is 0 Å². The first-order valence-corrected chi connectivity index (χ1v) is 6.20. The maximum atomic E-state index is 9.84. The van der Waals surface area contributed by atoms with Crippen molar-refractivity contribution in [2.24, 2.45) is 0 Å². The Labute approximate surface area is 96.4 Å². The molecule has 2 aromatic rings. The second-order valence-electron chi connectivity index (χ2n) is 3.36. The average molecular weight is 238 g/mol. The maximum Gasteiger partial charge on any atom is 0.317 e. The molecule has 0 aliphatic rings. The van der Waals surface area contributed by atoms with E-state index in [0.717, 1.165) is 14.4 Å². The number of aromatic hydroxyl groups is 1. The lowest BCUT2D eigenvalue weighted by Crippen LogP contribution is -2.14. The zero-order valence-corrected chi connectivity index (χ0v) is 10.2. The topological polar surface area (TPSA) is 23.2 Å². The van der Waals surface area contributed by atoms with Crippen LogP contribution in [0.1, 0.15) is 0 Å². The number of rotatable bonds is 1. The summed E-state index contributed by atoms with van der Waals surface area (Å²) in [4.78, 5) is 0.948. The van der Waals surface area contributed by atoms with Gasteiger partial charge in [-0.15, -0.1) is 0 Å². The largest absolute Gasteiger partial charge is 0.498 e. The normalized spacial score (nSPS) is 10.3. The third kappa shape index (κ3) is 2.11. The second-order valence-corrected chi connectivity index (χ2v) is 5.60. The Hall–Kier alpha value is -1.13. The van der Waals surface area contributed by atoms with Crippen molar-refractivity contribution >= 4 is 22.7 Å². The van der Waals surface area contributed by atoms with E-state index in [4.69, 9.17) is 0 Å². The van der Waals surface area contributed by atoms with Crippen LogP contribution in [0, 0.1) is 0 Å². The maximum absolute atomic E-state index is 9.84. The summed E-state index contributed by atoms with van der Waals surface area (Å²) in [7, 11) is 3.97. The molecule has 1 aromatic carbocycles. The SMILES string of the molecule is C[N+](C)=c1sc(O)c(-c2ccccc2)s1. The molecule has 0 aliphatic carbocycles. The van der Waals surface area contributed by atoms with Crippen LogP contribution in [-0.4, -0.2) is 19.2 Å². The monoisotopic (exact) mass is 238 g/mol. The third-order valence-electron chi connectivity index (χ3n) is 1.97. The van der Waals surface area contributed by atoms with Gasteiger partial charge in [0.05, 0.1) is 4.88 Å². The van der Waals surface area contributed by atoms with Gasteiger partial charge in [-0.2, -0.15) is 0 Å². The van der Waals surface area contributed by atoms with Crippen molar-refractivity contribution in [1.29, 1.82) is 0 Å². The van der Waals surface area contributed by atoms with E-state index in [1.807, 2.05) is 49.0 Å². The van der Waals surface area contributed by atoms with Gasteiger partial charge in [-0.3, -0.25) is 0 Å². The van der Waals surface area contributed by atoms with E-state index in [-0.39, 0.29) is 0 Å². The summed E-state index contributed by atoms with van der Waals surface area (Å²) < 4.78 is 3.12. The van der Waals surface area contributed by atoms with Crippen LogP contribution >= 0.6 is 22.7 Å². The minimum absolute atomic E-state index is 0.398. The quantitative estimate of drug-likeness (QED) is 0.756. The Morgan fingerprint density at radius 3 is 2.27 bits per heavy atom. The number of hydrogen-bond acceptors (Lipinski definition) is 3. The van der Waals surface area contributed by atoms with Crippen LogP contribution < -0.4 is 8.56 Å². The fraction of sp³-hybridized carbons (Fsp3) is 0.182. The van der Waals surface area contributed by atoms with Crippen LogP contribution in [0.5, 0.6) is 5.06 Å². The standard InChI is InChI=1S/C11H11NOS2/c1-12(2)11-14-9(10(13)15-11)8-6-4-3-5-7-8/h3-7H,1-2H3/p+1. The van der Waals surface area contributed by atoms with Crippen LogP contribution in [0.15, 0.2) is 30.3 Å². The van der Waals surface area contributed by atoms with Gasteiger partial charge in [0.15, 0.2) is 5.06 Å². The van der Waals surface area contributed by atoms with Gasteiger partial charge >= 0.3 is 3.98 Å². The fourth-order valence-corrected chi connectivity index (χ4v) is 3.40. The van der Waals surface area contributed by atoms with Crippen molar-refractivity contribution in [2.45, 2.75) is 0 Å². The van der Waals surface area contributed by atoms with E-state index in [2.05, 4.69) is 0 Å². The van der Waals surface area contributed by atoms with Gasteiger partial charge in [0.25, 0.3) is 0 Å². The van der Waals surface area contributed by atoms with Crippen LogP contribution in [0.4, 0.5) is 0 Å². The number of benzene rings is 1. The van der Waals surface area contributed by atoms with Crippen LogP contribution in [0.2, 0.25) is 0 Å². The van der Waals surface area contributed by atoms with E-state index in [1.54, 1.807) is 11.3 Å². The average Bonchev–Trinajstić information content (AvgIpc) is 2.62. The van der Waals surface area contributed by atoms with E-state index in [1.165, 1.54) is 11.3 Å². The summed E-state index contributed by atoms with van der Waals surface area (Å²) in [5.74, 6) is 0. The van der Waals surface area contributed by atoms with E-state index >= 15 is 0 Å². The van der Waals surface area contributed by atoms with Gasteiger partial charge < -0.3 is 5.11 Å². The predicted molar refractivity (Wildman–Crippen MR) is 66.4 cm³/mol. The Kier molecular flexibility index (Phi) is 2.88. The molecular formula is C11H12NOS2+. The highest BCUT2D eigenvalue weighted by Crippen LogP contribution is 2.34. The molecule has 2 nitrogen and oxygen atoms in total. The predicted octanol–water partition coefficient (Wildman–Crippen LogP) is 2.21. The summed E-state index contributed by atoms with van der Waals surface area (Å²) in [6.45, 7) is 0. The number of hydrogen-bond donors (Lipinski definition) is 1. The molecule has 0 saturated heterocycles. The zero-order valence-electron chi connectivity index (χ0n) is 8.60. The van der Waals surface area contributed by atoms with Crippen molar-refractivity contribution in [3.05, 3.63) is 34.3 Å². The van der Waals surface area contributed by atoms with Crippen molar-refractivity contribution in [2.75, 3.05) is 14.1 Å². The minimum Gasteiger partial charge on any atom is -0.498 e. The molecule has 78 valence electrons. The lowest BCUT2D eigenvalue weighted by Gasteiger charge is -1.94. The molecule has 4 heteroatoms. The minimum atomic E-state index is 0.398. The van der Waals surface area contributed by atoms with Crippen molar-refractivity contribution < 1.29 is 5.11 Å². The Morgan fingerprint density at radius 2 is 1.73 bits per heavy atom. The lowest BCUT2D eigenvalue weighted by molar-refractivity contribution is 0.493. The van der Waals surface area contributed by atoms with Crippen LogP contribution in [-0.2, 0) is 0 Å². The summed E-state index contributed by atoms with van der Waals surface area (Å²) in [6.07, 6.45) is 0. The molecule has 0 saturated carbocycles. The lowest BCUT2D eigenvalue weighted by atomic mass is 10.2. The molecule has 1 aromatic heterocycles.